The maximum absolute atomic E-state index is 11.8. The number of hydrogen-bond donors (Lipinski definition) is 3. The lowest BCUT2D eigenvalue weighted by molar-refractivity contribution is 0.0502. The van der Waals surface area contributed by atoms with Crippen molar-refractivity contribution >= 4 is 6.09 Å². The van der Waals surface area contributed by atoms with Crippen molar-refractivity contribution in [2.45, 2.75) is 65.3 Å². The van der Waals surface area contributed by atoms with E-state index in [0.717, 1.165) is 12.1 Å². The van der Waals surface area contributed by atoms with Crippen LogP contribution in [0.4, 0.5) is 4.79 Å². The van der Waals surface area contributed by atoms with Gasteiger partial charge in [-0.25, -0.2) is 4.79 Å². The highest BCUT2D eigenvalue weighted by atomic mass is 16.6. The molecule has 0 aliphatic rings. The van der Waals surface area contributed by atoms with Crippen molar-refractivity contribution in [2.24, 2.45) is 0 Å². The third-order valence-corrected chi connectivity index (χ3v) is 3.04. The van der Waals surface area contributed by atoms with Crippen LogP contribution in [-0.4, -0.2) is 51.0 Å². The largest absolute Gasteiger partial charge is 0.444 e. The van der Waals surface area contributed by atoms with E-state index < -0.39 is 11.7 Å². The Labute approximate surface area is 137 Å². The number of nitrogens with zero attached hydrogens (tertiary/aromatic N) is 3. The Morgan fingerprint density at radius 2 is 2.22 bits per heavy atom. The minimum Gasteiger partial charge on any atom is -0.444 e. The highest BCUT2D eigenvalue weighted by Crippen LogP contribution is 2.07. The zero-order valence-electron chi connectivity index (χ0n) is 14.5. The summed E-state index contributed by atoms with van der Waals surface area (Å²) in [4.78, 5) is 11.8. The van der Waals surface area contributed by atoms with E-state index in [1.165, 1.54) is 0 Å². The van der Waals surface area contributed by atoms with Gasteiger partial charge in [0.05, 0.1) is 5.69 Å². The van der Waals surface area contributed by atoms with Gasteiger partial charge in [-0.15, -0.1) is 5.10 Å². The van der Waals surface area contributed by atoms with Gasteiger partial charge in [-0.05, 0) is 33.6 Å². The van der Waals surface area contributed by atoms with Crippen molar-refractivity contribution < 1.29 is 14.6 Å². The summed E-state index contributed by atoms with van der Waals surface area (Å²) >= 11 is 0. The van der Waals surface area contributed by atoms with Crippen molar-refractivity contribution in [1.29, 1.82) is 0 Å². The highest BCUT2D eigenvalue weighted by molar-refractivity contribution is 5.68. The van der Waals surface area contributed by atoms with Crippen LogP contribution >= 0.6 is 0 Å². The Morgan fingerprint density at radius 3 is 2.83 bits per heavy atom. The molecule has 1 atom stereocenters. The molecule has 0 aromatic carbocycles. The Bertz CT molecular complexity index is 470. The molecule has 1 heterocycles. The summed E-state index contributed by atoms with van der Waals surface area (Å²) in [5.41, 5.74) is 0.332. The molecule has 1 unspecified atom stereocenters. The summed E-state index contributed by atoms with van der Waals surface area (Å²) in [5, 5.41) is 22.9. The van der Waals surface area contributed by atoms with E-state index >= 15 is 0 Å². The molecule has 1 aromatic heterocycles. The van der Waals surface area contributed by atoms with E-state index in [1.807, 2.05) is 33.9 Å². The van der Waals surface area contributed by atoms with E-state index in [-0.39, 0.29) is 12.6 Å². The number of aliphatic hydroxyl groups excluding tert-OH is 1. The van der Waals surface area contributed by atoms with Gasteiger partial charge in [0.2, 0.25) is 0 Å². The SMILES string of the molecule is CCC(CNCc1cn(CCCO)nn1)NC(=O)OC(C)(C)C. The van der Waals surface area contributed by atoms with Gasteiger partial charge in [-0.3, -0.25) is 4.68 Å². The minimum atomic E-state index is -0.497. The van der Waals surface area contributed by atoms with Gasteiger partial charge < -0.3 is 20.5 Å². The highest BCUT2D eigenvalue weighted by Gasteiger charge is 2.18. The van der Waals surface area contributed by atoms with E-state index in [2.05, 4.69) is 20.9 Å². The number of ether oxygens (including phenoxy) is 1. The van der Waals surface area contributed by atoms with Gasteiger partial charge in [0.25, 0.3) is 0 Å². The lowest BCUT2D eigenvalue weighted by Gasteiger charge is -2.23. The number of carbonyl (C=O) groups is 1. The van der Waals surface area contributed by atoms with Crippen LogP contribution < -0.4 is 10.6 Å². The average Bonchev–Trinajstić information content (AvgIpc) is 2.89. The zero-order valence-corrected chi connectivity index (χ0v) is 14.5. The predicted molar refractivity (Wildman–Crippen MR) is 86.9 cm³/mol. The molecule has 0 aliphatic carbocycles. The number of carbonyl (C=O) groups excluding carboxylic acids is 1. The molecule has 0 bridgehead atoms. The number of hydrogen-bond acceptors (Lipinski definition) is 6. The molecule has 1 rings (SSSR count). The standard InChI is InChI=1S/C15H29N5O3/c1-5-12(17-14(22)23-15(2,3)4)9-16-10-13-11-20(19-18-13)7-6-8-21/h11-12,16,21H,5-10H2,1-4H3,(H,17,22). The van der Waals surface area contributed by atoms with Crippen LogP contribution in [-0.2, 0) is 17.8 Å². The van der Waals surface area contributed by atoms with Crippen LogP contribution in [0.5, 0.6) is 0 Å². The Morgan fingerprint density at radius 1 is 1.48 bits per heavy atom. The predicted octanol–water partition coefficient (Wildman–Crippen LogP) is 1.05. The molecule has 0 saturated heterocycles. The fourth-order valence-electron chi connectivity index (χ4n) is 1.91. The van der Waals surface area contributed by atoms with E-state index in [1.54, 1.807) is 4.68 Å². The van der Waals surface area contributed by atoms with Gasteiger partial charge in [0.1, 0.15) is 5.60 Å². The number of aliphatic hydroxyl groups is 1. The van der Waals surface area contributed by atoms with Crippen LogP contribution in [0.1, 0.15) is 46.2 Å². The monoisotopic (exact) mass is 327 g/mol. The molecule has 3 N–H and O–H groups in total. The molecule has 0 fully saturated rings. The van der Waals surface area contributed by atoms with Gasteiger partial charge in [0.15, 0.2) is 0 Å². The quantitative estimate of drug-likeness (QED) is 0.627. The second-order valence-electron chi connectivity index (χ2n) is 6.43. The van der Waals surface area contributed by atoms with Crippen LogP contribution in [0.3, 0.4) is 0 Å². The Kier molecular flexibility index (Phi) is 7.97. The molecule has 0 radical (unpaired) electrons. The second-order valence-corrected chi connectivity index (χ2v) is 6.43. The number of aryl methyl sites for hydroxylation is 1. The third kappa shape index (κ3) is 8.51. The summed E-state index contributed by atoms with van der Waals surface area (Å²) in [5.74, 6) is 0. The van der Waals surface area contributed by atoms with Crippen molar-refractivity contribution in [2.75, 3.05) is 13.2 Å². The lowest BCUT2D eigenvalue weighted by Crippen LogP contribution is -2.43. The van der Waals surface area contributed by atoms with Crippen molar-refractivity contribution in [1.82, 2.24) is 25.6 Å². The topological polar surface area (TPSA) is 101 Å². The molecule has 0 saturated carbocycles. The molecule has 8 heteroatoms. The first-order valence-corrected chi connectivity index (χ1v) is 8.04. The number of alkyl carbamates (subject to hydrolysis) is 1. The molecule has 132 valence electrons. The molecule has 1 aromatic rings. The first kappa shape index (κ1) is 19.4. The van der Waals surface area contributed by atoms with Crippen LogP contribution in [0.25, 0.3) is 0 Å². The van der Waals surface area contributed by atoms with E-state index in [9.17, 15) is 4.79 Å². The summed E-state index contributed by atoms with van der Waals surface area (Å²) < 4.78 is 6.96. The van der Waals surface area contributed by atoms with Gasteiger partial charge in [0, 0.05) is 38.5 Å². The van der Waals surface area contributed by atoms with Gasteiger partial charge in [-0.2, -0.15) is 0 Å². The fraction of sp³-hybridized carbons (Fsp3) is 0.800. The molecular weight excluding hydrogens is 298 g/mol. The maximum atomic E-state index is 11.8. The first-order chi connectivity index (χ1) is 10.8. The maximum Gasteiger partial charge on any atom is 0.407 e. The van der Waals surface area contributed by atoms with Gasteiger partial charge in [-0.1, -0.05) is 12.1 Å². The minimum absolute atomic E-state index is 0.00529. The van der Waals surface area contributed by atoms with Crippen LogP contribution in [0.15, 0.2) is 6.20 Å². The number of aromatic nitrogens is 3. The van der Waals surface area contributed by atoms with E-state index in [0.29, 0.717) is 26.1 Å². The van der Waals surface area contributed by atoms with E-state index in [4.69, 9.17) is 9.84 Å². The van der Waals surface area contributed by atoms with Gasteiger partial charge >= 0.3 is 6.09 Å². The molecular formula is C15H29N5O3. The molecule has 0 spiro atoms. The smallest absolute Gasteiger partial charge is 0.407 e. The Hall–Kier alpha value is -1.67. The first-order valence-electron chi connectivity index (χ1n) is 8.04. The lowest BCUT2D eigenvalue weighted by atomic mass is 10.2. The summed E-state index contributed by atoms with van der Waals surface area (Å²) in [7, 11) is 0. The molecule has 1 amide bonds. The Balaban J connectivity index is 2.31. The summed E-state index contributed by atoms with van der Waals surface area (Å²) in [6.07, 6.45) is 2.91. The average molecular weight is 327 g/mol. The summed E-state index contributed by atoms with van der Waals surface area (Å²) in [6.45, 7) is 9.52. The molecule has 8 nitrogen and oxygen atoms in total. The van der Waals surface area contributed by atoms with Crippen LogP contribution in [0, 0.1) is 0 Å². The van der Waals surface area contributed by atoms with Crippen LogP contribution in [0.2, 0.25) is 0 Å². The van der Waals surface area contributed by atoms with Crippen molar-refractivity contribution in [3.63, 3.8) is 0 Å². The van der Waals surface area contributed by atoms with Crippen molar-refractivity contribution in [3.8, 4) is 0 Å². The number of rotatable bonds is 9. The normalized spacial score (nSPS) is 12.9. The summed E-state index contributed by atoms with van der Waals surface area (Å²) in [6, 6.07) is -0.00529. The van der Waals surface area contributed by atoms with Crippen molar-refractivity contribution in [3.05, 3.63) is 11.9 Å². The fourth-order valence-corrected chi connectivity index (χ4v) is 1.91. The number of amides is 1. The molecule has 23 heavy (non-hydrogen) atoms. The molecule has 0 aliphatic heterocycles. The zero-order chi connectivity index (χ0) is 17.3. The third-order valence-electron chi connectivity index (χ3n) is 3.04. The number of nitrogens with one attached hydrogen (secondary N) is 2. The second kappa shape index (κ2) is 9.46.